The first-order valence-corrected chi connectivity index (χ1v) is 19.9. The molecule has 4 heterocycles. The van der Waals surface area contributed by atoms with Crippen LogP contribution in [0, 0.1) is 24.3 Å². The number of nitrogens with zero attached hydrogens (tertiary/aromatic N) is 8. The largest absolute Gasteiger partial charge is 0.266 e. The summed E-state index contributed by atoms with van der Waals surface area (Å²) in [5.74, 6) is 0. The normalized spacial score (nSPS) is 9.25. The second-order valence-electron chi connectivity index (χ2n) is 8.79. The molecule has 244 valence electrons. The summed E-state index contributed by atoms with van der Waals surface area (Å²) < 4.78 is 7.11. The van der Waals surface area contributed by atoms with Gasteiger partial charge in [-0.05, 0) is 47.0 Å². The maximum Gasteiger partial charge on any atom is 0.0493 e. The number of hydrogen-bond acceptors (Lipinski definition) is 4. The van der Waals surface area contributed by atoms with Crippen molar-refractivity contribution in [3.05, 3.63) is 195 Å². The van der Waals surface area contributed by atoms with Gasteiger partial charge in [0.25, 0.3) is 0 Å². The van der Waals surface area contributed by atoms with Gasteiger partial charge in [0.2, 0.25) is 0 Å². The molecule has 8 rings (SSSR count). The Labute approximate surface area is 309 Å². The van der Waals surface area contributed by atoms with Crippen LogP contribution in [0.2, 0.25) is 0 Å². The van der Waals surface area contributed by atoms with Gasteiger partial charge in [-0.2, -0.15) is 117 Å². The molecule has 0 radical (unpaired) electrons. The zero-order chi connectivity index (χ0) is 34.1. The molecule has 12 heteroatoms. The van der Waals surface area contributed by atoms with Crippen molar-refractivity contribution < 1.29 is 35.8 Å². The monoisotopic (exact) mass is 1030 g/mol. The second kappa shape index (κ2) is 23.8. The van der Waals surface area contributed by atoms with Crippen molar-refractivity contribution in [2.45, 2.75) is 0 Å². The minimum absolute atomic E-state index is 0.970. The summed E-state index contributed by atoms with van der Waals surface area (Å²) in [4.78, 5) is 0. The predicted molar refractivity (Wildman–Crippen MR) is 181 cm³/mol. The summed E-state index contributed by atoms with van der Waals surface area (Å²) in [5.41, 5.74) is 3.88. The van der Waals surface area contributed by atoms with Crippen molar-refractivity contribution in [3.63, 3.8) is 0 Å². The average Bonchev–Trinajstić information content (AvgIpc) is 4.04. The van der Waals surface area contributed by atoms with Crippen LogP contribution in [0.1, 0.15) is 0 Å². The molecule has 0 saturated heterocycles. The van der Waals surface area contributed by atoms with Crippen molar-refractivity contribution in [1.82, 2.24) is 39.1 Å². The van der Waals surface area contributed by atoms with Gasteiger partial charge in [-0.15, -0.1) is 24.3 Å². The molecular weight excluding hydrogens is 1000 g/mol. The van der Waals surface area contributed by atoms with Gasteiger partial charge >= 0.3 is 54.9 Å². The Kier molecular flexibility index (Phi) is 18.9. The number of aromatic nitrogens is 8. The van der Waals surface area contributed by atoms with Crippen molar-refractivity contribution in [3.8, 4) is 22.7 Å². The van der Waals surface area contributed by atoms with E-state index in [-0.39, 0.29) is 0 Å². The topological polar surface area (TPSA) is 71.3 Å². The van der Waals surface area contributed by atoms with Crippen LogP contribution < -0.4 is 0 Å². The fourth-order valence-electron chi connectivity index (χ4n) is 3.75. The second-order valence-corrected chi connectivity index (χ2v) is 8.79. The van der Waals surface area contributed by atoms with Gasteiger partial charge in [0.05, 0.1) is 0 Å². The summed E-state index contributed by atoms with van der Waals surface area (Å²) in [7, 11) is 9.28. The van der Waals surface area contributed by atoms with Crippen LogP contribution in [0.25, 0.3) is 22.7 Å². The number of halogens is 2. The molecule has 0 N–H and O–H groups in total. The molecule has 4 aromatic heterocycles. The van der Waals surface area contributed by atoms with Crippen LogP contribution in [-0.2, 0) is 35.8 Å². The smallest absolute Gasteiger partial charge is 0.0493 e. The van der Waals surface area contributed by atoms with Crippen molar-refractivity contribution >= 4 is 19.2 Å². The van der Waals surface area contributed by atoms with Crippen molar-refractivity contribution in [2.75, 3.05) is 0 Å². The van der Waals surface area contributed by atoms with E-state index < -0.39 is 0 Å². The summed E-state index contributed by atoms with van der Waals surface area (Å²) in [6.45, 7) is 0. The maximum absolute atomic E-state index is 4.64. The van der Waals surface area contributed by atoms with Gasteiger partial charge in [0, 0.05) is 49.6 Å². The van der Waals surface area contributed by atoms with E-state index in [1.54, 1.807) is 43.5 Å². The Morgan fingerprint density at radius 2 is 0.583 bits per heavy atom. The molecule has 0 unspecified atom stereocenters. The van der Waals surface area contributed by atoms with Gasteiger partial charge < -0.3 is 0 Å². The summed E-state index contributed by atoms with van der Waals surface area (Å²) in [6, 6.07) is 50.8. The SMILES string of the molecule is [Cl][Ir+2].[Cl][Ir+2].[c-]1ccccc1-n1cccn1.[c-]1ccccc1-n1cccn1.[c-]1ccccc1-n1cccn1.[c-]1ccccc1-n1cccn1. The third-order valence-electron chi connectivity index (χ3n) is 5.78. The van der Waals surface area contributed by atoms with Gasteiger partial charge in [0.15, 0.2) is 0 Å². The van der Waals surface area contributed by atoms with Crippen LogP contribution in [0.15, 0.2) is 171 Å². The number of rotatable bonds is 4. The summed E-state index contributed by atoms with van der Waals surface area (Å²) in [5, 5.41) is 16.3. The molecule has 0 aliphatic carbocycles. The molecule has 0 saturated carbocycles. The molecular formula is C36H28Cl2Ir2N8. The third kappa shape index (κ3) is 13.4. The Balaban J connectivity index is 0.000000168. The van der Waals surface area contributed by atoms with Gasteiger partial charge in [0.1, 0.15) is 0 Å². The molecule has 8 nitrogen and oxygen atoms in total. The fourth-order valence-corrected chi connectivity index (χ4v) is 3.75. The first-order valence-electron chi connectivity index (χ1n) is 14.0. The number of benzene rings is 4. The summed E-state index contributed by atoms with van der Waals surface area (Å²) >= 11 is 2.94. The Morgan fingerprint density at radius 3 is 0.729 bits per heavy atom. The molecule has 0 bridgehead atoms. The van der Waals surface area contributed by atoms with E-state index >= 15 is 0 Å². The molecule has 0 amide bonds. The molecule has 0 fully saturated rings. The first kappa shape index (κ1) is 38.1. The third-order valence-corrected chi connectivity index (χ3v) is 5.78. The molecule has 48 heavy (non-hydrogen) atoms. The minimum atomic E-state index is 0.970. The standard InChI is InChI=1S/4C9H7N2.2ClH.2Ir/c4*1-2-5-9(6-3-1)11-8-4-7-10-11;;;;/h4*1-5,7-8H;2*1H;;/q4*-1;;;2*+3/p-2. The zero-order valence-corrected chi connectivity index (χ0v) is 31.5. The molecule has 0 aliphatic heterocycles. The van der Waals surface area contributed by atoms with E-state index in [1.165, 1.54) is 35.8 Å². The fraction of sp³-hybridized carbons (Fsp3) is 0. The zero-order valence-electron chi connectivity index (χ0n) is 25.2. The van der Waals surface area contributed by atoms with E-state index in [0.717, 1.165) is 22.7 Å². The van der Waals surface area contributed by atoms with E-state index in [2.05, 4.69) is 63.8 Å². The van der Waals surface area contributed by atoms with Crippen LogP contribution in [0.4, 0.5) is 0 Å². The van der Waals surface area contributed by atoms with Crippen LogP contribution in [0.3, 0.4) is 0 Å². The van der Waals surface area contributed by atoms with Crippen LogP contribution in [-0.4, -0.2) is 39.1 Å². The Morgan fingerprint density at radius 1 is 0.354 bits per heavy atom. The molecule has 4 aromatic carbocycles. The quantitative estimate of drug-likeness (QED) is 0.168. The molecule has 0 aliphatic rings. The van der Waals surface area contributed by atoms with E-state index in [0.29, 0.717) is 0 Å². The van der Waals surface area contributed by atoms with E-state index in [1.807, 2.05) is 146 Å². The Bertz CT molecular complexity index is 1550. The summed E-state index contributed by atoms with van der Waals surface area (Å²) in [6.07, 6.45) is 14.6. The van der Waals surface area contributed by atoms with Gasteiger partial charge in [-0.3, -0.25) is 18.7 Å². The average molecular weight is 1030 g/mol. The van der Waals surface area contributed by atoms with Crippen molar-refractivity contribution in [2.24, 2.45) is 0 Å². The molecule has 8 aromatic rings. The Hall–Kier alpha value is -4.40. The van der Waals surface area contributed by atoms with Crippen molar-refractivity contribution in [1.29, 1.82) is 0 Å². The van der Waals surface area contributed by atoms with E-state index in [9.17, 15) is 0 Å². The maximum atomic E-state index is 4.64. The van der Waals surface area contributed by atoms with Crippen LogP contribution in [0.5, 0.6) is 0 Å². The molecule has 0 spiro atoms. The number of para-hydroxylation sites is 4. The minimum Gasteiger partial charge on any atom is -0.266 e. The van der Waals surface area contributed by atoms with Gasteiger partial charge in [-0.1, -0.05) is 0 Å². The van der Waals surface area contributed by atoms with Gasteiger partial charge in [-0.25, -0.2) is 0 Å². The number of hydrogen-bond donors (Lipinski definition) is 0. The molecule has 0 atom stereocenters. The predicted octanol–water partition coefficient (Wildman–Crippen LogP) is 8.06. The van der Waals surface area contributed by atoms with Crippen LogP contribution >= 0.6 is 19.2 Å². The van der Waals surface area contributed by atoms with E-state index in [4.69, 9.17) is 0 Å². The first-order chi connectivity index (χ1) is 23.9.